The number of ether oxygens (including phenoxy) is 1. The Morgan fingerprint density at radius 1 is 1.30 bits per heavy atom. The van der Waals surface area contributed by atoms with Crippen LogP contribution in [0.15, 0.2) is 24.3 Å². The van der Waals surface area contributed by atoms with Gasteiger partial charge in [-0.25, -0.2) is 4.79 Å². The van der Waals surface area contributed by atoms with Gasteiger partial charge in [0.1, 0.15) is 13.2 Å². The van der Waals surface area contributed by atoms with E-state index in [-0.39, 0.29) is 11.3 Å². The minimum absolute atomic E-state index is 0.0962. The number of rotatable bonds is 5. The predicted octanol–water partition coefficient (Wildman–Crippen LogP) is 0.820. The Morgan fingerprint density at radius 3 is 2.75 bits per heavy atom. The zero-order valence-corrected chi connectivity index (χ0v) is 11.3. The van der Waals surface area contributed by atoms with Gasteiger partial charge in [-0.1, -0.05) is 6.07 Å². The Kier molecular flexibility index (Phi) is 5.06. The summed E-state index contributed by atoms with van der Waals surface area (Å²) in [6.07, 6.45) is 3.75. The predicted molar refractivity (Wildman–Crippen MR) is 72.8 cm³/mol. The molecular weight excluding hydrogens is 260 g/mol. The largest absolute Gasteiger partial charge is 0.456 e. The minimum Gasteiger partial charge on any atom is -0.456 e. The molecule has 0 bridgehead atoms. The monoisotopic (exact) mass is 279 g/mol. The SMILES string of the molecule is O=C(OCC[NH+]1CCCCC1)c1cccc([N+](=O)[O-])c1. The Bertz CT molecular complexity index is 484. The molecule has 0 unspecified atom stereocenters. The number of nitrogens with zero attached hydrogens (tertiary/aromatic N) is 1. The second-order valence-electron chi connectivity index (χ2n) is 5.00. The van der Waals surface area contributed by atoms with E-state index in [1.807, 2.05) is 0 Å². The third kappa shape index (κ3) is 4.03. The fourth-order valence-corrected chi connectivity index (χ4v) is 2.42. The maximum absolute atomic E-state index is 11.8. The molecule has 1 aromatic rings. The number of nitro benzene ring substituents is 1. The van der Waals surface area contributed by atoms with E-state index in [1.54, 1.807) is 0 Å². The summed E-state index contributed by atoms with van der Waals surface area (Å²) >= 11 is 0. The Balaban J connectivity index is 1.82. The van der Waals surface area contributed by atoms with Gasteiger partial charge >= 0.3 is 5.97 Å². The second-order valence-corrected chi connectivity index (χ2v) is 5.00. The van der Waals surface area contributed by atoms with Crippen LogP contribution in [0.5, 0.6) is 0 Å². The van der Waals surface area contributed by atoms with Gasteiger partial charge in [0.05, 0.1) is 23.6 Å². The lowest BCUT2D eigenvalue weighted by Crippen LogP contribution is -3.13. The van der Waals surface area contributed by atoms with Crippen LogP contribution in [0.4, 0.5) is 5.69 Å². The summed E-state index contributed by atoms with van der Waals surface area (Å²) in [7, 11) is 0. The summed E-state index contributed by atoms with van der Waals surface area (Å²) in [4.78, 5) is 23.4. The molecular formula is C14H19N2O4+. The molecule has 1 N–H and O–H groups in total. The highest BCUT2D eigenvalue weighted by Gasteiger charge is 2.16. The number of piperidine rings is 1. The van der Waals surface area contributed by atoms with Gasteiger partial charge in [0.15, 0.2) is 0 Å². The molecule has 0 radical (unpaired) electrons. The fraction of sp³-hybridized carbons (Fsp3) is 0.500. The maximum atomic E-state index is 11.8. The second kappa shape index (κ2) is 7.00. The summed E-state index contributed by atoms with van der Waals surface area (Å²) in [5, 5.41) is 10.6. The van der Waals surface area contributed by atoms with Crippen molar-refractivity contribution in [3.05, 3.63) is 39.9 Å². The van der Waals surface area contributed by atoms with E-state index in [4.69, 9.17) is 4.74 Å². The summed E-state index contributed by atoms with van der Waals surface area (Å²) in [6, 6.07) is 5.62. The lowest BCUT2D eigenvalue weighted by Gasteiger charge is -2.23. The number of quaternary nitrogens is 1. The fourth-order valence-electron chi connectivity index (χ4n) is 2.42. The van der Waals surface area contributed by atoms with Crippen molar-refractivity contribution in [3.8, 4) is 0 Å². The quantitative estimate of drug-likeness (QED) is 0.492. The number of carbonyl (C=O) groups is 1. The normalized spacial score (nSPS) is 15.8. The molecule has 0 atom stereocenters. The van der Waals surface area contributed by atoms with Crippen molar-refractivity contribution in [3.63, 3.8) is 0 Å². The Labute approximate surface area is 117 Å². The van der Waals surface area contributed by atoms with Crippen LogP contribution in [0.1, 0.15) is 29.6 Å². The van der Waals surface area contributed by atoms with E-state index >= 15 is 0 Å². The van der Waals surface area contributed by atoms with Crippen molar-refractivity contribution in [2.45, 2.75) is 19.3 Å². The molecule has 108 valence electrons. The maximum Gasteiger partial charge on any atom is 0.338 e. The molecule has 0 aliphatic carbocycles. The van der Waals surface area contributed by atoms with E-state index in [2.05, 4.69) is 0 Å². The van der Waals surface area contributed by atoms with E-state index in [0.29, 0.717) is 6.61 Å². The topological polar surface area (TPSA) is 73.9 Å². The van der Waals surface area contributed by atoms with Crippen LogP contribution in [0.2, 0.25) is 0 Å². The number of likely N-dealkylation sites (tertiary alicyclic amines) is 1. The lowest BCUT2D eigenvalue weighted by molar-refractivity contribution is -0.905. The third-order valence-corrected chi connectivity index (χ3v) is 3.54. The number of hydrogen-bond donors (Lipinski definition) is 1. The molecule has 2 rings (SSSR count). The molecule has 1 saturated heterocycles. The van der Waals surface area contributed by atoms with Gasteiger partial charge in [0.25, 0.3) is 5.69 Å². The molecule has 1 aromatic carbocycles. The summed E-state index contributed by atoms with van der Waals surface area (Å²) in [5.74, 6) is -0.495. The molecule has 0 saturated carbocycles. The minimum atomic E-state index is -0.519. The Hall–Kier alpha value is -1.95. The molecule has 1 aliphatic rings. The van der Waals surface area contributed by atoms with E-state index in [9.17, 15) is 14.9 Å². The van der Waals surface area contributed by atoms with Crippen LogP contribution in [0, 0.1) is 10.1 Å². The van der Waals surface area contributed by atoms with E-state index in [0.717, 1.165) is 19.6 Å². The Morgan fingerprint density at radius 2 is 2.05 bits per heavy atom. The van der Waals surface area contributed by atoms with Gasteiger partial charge in [-0.2, -0.15) is 0 Å². The molecule has 6 heteroatoms. The zero-order valence-electron chi connectivity index (χ0n) is 11.3. The van der Waals surface area contributed by atoms with Crippen molar-refractivity contribution in [2.75, 3.05) is 26.2 Å². The highest BCUT2D eigenvalue weighted by Crippen LogP contribution is 2.13. The van der Waals surface area contributed by atoms with Crippen molar-refractivity contribution in [1.29, 1.82) is 0 Å². The first-order chi connectivity index (χ1) is 9.66. The van der Waals surface area contributed by atoms with Crippen LogP contribution >= 0.6 is 0 Å². The van der Waals surface area contributed by atoms with E-state index < -0.39 is 10.9 Å². The number of esters is 1. The van der Waals surface area contributed by atoms with Gasteiger partial charge < -0.3 is 9.64 Å². The number of nitrogens with one attached hydrogen (secondary N) is 1. The van der Waals surface area contributed by atoms with Crippen molar-refractivity contribution < 1.29 is 19.4 Å². The standard InChI is InChI=1S/C14H18N2O4/c17-14(12-5-4-6-13(11-12)16(18)19)20-10-9-15-7-2-1-3-8-15/h4-6,11H,1-3,7-10H2/p+1. The first-order valence-electron chi connectivity index (χ1n) is 6.92. The highest BCUT2D eigenvalue weighted by molar-refractivity contribution is 5.90. The molecule has 6 nitrogen and oxygen atoms in total. The number of benzene rings is 1. The van der Waals surface area contributed by atoms with Crippen LogP contribution < -0.4 is 4.90 Å². The van der Waals surface area contributed by atoms with Crippen molar-refractivity contribution in [2.24, 2.45) is 0 Å². The number of hydrogen-bond acceptors (Lipinski definition) is 4. The van der Waals surface area contributed by atoms with Gasteiger partial charge in [0.2, 0.25) is 0 Å². The van der Waals surface area contributed by atoms with Gasteiger partial charge in [0, 0.05) is 12.1 Å². The van der Waals surface area contributed by atoms with Gasteiger partial charge in [-0.3, -0.25) is 10.1 Å². The van der Waals surface area contributed by atoms with Crippen LogP contribution in [-0.2, 0) is 4.74 Å². The summed E-state index contributed by atoms with van der Waals surface area (Å²) < 4.78 is 5.18. The first kappa shape index (κ1) is 14.5. The van der Waals surface area contributed by atoms with E-state index in [1.165, 1.54) is 48.4 Å². The van der Waals surface area contributed by atoms with Crippen LogP contribution in [0.3, 0.4) is 0 Å². The van der Waals surface area contributed by atoms with Crippen LogP contribution in [-0.4, -0.2) is 37.1 Å². The van der Waals surface area contributed by atoms with Gasteiger partial charge in [-0.05, 0) is 25.3 Å². The number of non-ortho nitro benzene ring substituents is 1. The number of carbonyl (C=O) groups excluding carboxylic acids is 1. The summed E-state index contributed by atoms with van der Waals surface area (Å²) in [6.45, 7) is 3.43. The van der Waals surface area contributed by atoms with Gasteiger partial charge in [-0.15, -0.1) is 0 Å². The smallest absolute Gasteiger partial charge is 0.338 e. The number of nitro groups is 1. The lowest BCUT2D eigenvalue weighted by atomic mass is 10.1. The first-order valence-corrected chi connectivity index (χ1v) is 6.92. The summed E-state index contributed by atoms with van der Waals surface area (Å²) in [5.41, 5.74) is 0.133. The van der Waals surface area contributed by atoms with Crippen LogP contribution in [0.25, 0.3) is 0 Å². The van der Waals surface area contributed by atoms with Crippen molar-refractivity contribution in [1.82, 2.24) is 0 Å². The third-order valence-electron chi connectivity index (χ3n) is 3.54. The molecule has 1 fully saturated rings. The zero-order chi connectivity index (χ0) is 14.4. The molecule has 20 heavy (non-hydrogen) atoms. The molecule has 1 aliphatic heterocycles. The molecule has 0 aromatic heterocycles. The molecule has 0 spiro atoms. The molecule has 0 amide bonds. The highest BCUT2D eigenvalue weighted by atomic mass is 16.6. The average Bonchev–Trinajstić information content (AvgIpc) is 2.48. The van der Waals surface area contributed by atoms with Crippen molar-refractivity contribution >= 4 is 11.7 Å². The molecule has 1 heterocycles. The average molecular weight is 279 g/mol.